The van der Waals surface area contributed by atoms with Gasteiger partial charge in [-0.25, -0.2) is 0 Å². The number of aliphatic imine (C=N–C) groups is 1. The zero-order chi connectivity index (χ0) is 17.2. The molecular formula is C17H34N4O2. The Morgan fingerprint density at radius 1 is 1.35 bits per heavy atom. The second-order valence-electron chi connectivity index (χ2n) is 6.44. The maximum absolute atomic E-state index is 11.3. The summed E-state index contributed by atoms with van der Waals surface area (Å²) < 4.78 is 4.93. The van der Waals surface area contributed by atoms with E-state index in [1.54, 1.807) is 0 Å². The highest BCUT2D eigenvalue weighted by molar-refractivity contribution is 5.80. The summed E-state index contributed by atoms with van der Waals surface area (Å²) in [5, 5.41) is 6.84. The van der Waals surface area contributed by atoms with Crippen molar-refractivity contribution in [3.05, 3.63) is 0 Å². The van der Waals surface area contributed by atoms with Gasteiger partial charge in [-0.15, -0.1) is 0 Å². The van der Waals surface area contributed by atoms with Gasteiger partial charge in [-0.3, -0.25) is 14.7 Å². The number of likely N-dealkylation sites (tertiary alicyclic amines) is 1. The van der Waals surface area contributed by atoms with E-state index in [-0.39, 0.29) is 5.97 Å². The van der Waals surface area contributed by atoms with Crippen LogP contribution in [0.4, 0.5) is 0 Å². The molecule has 23 heavy (non-hydrogen) atoms. The van der Waals surface area contributed by atoms with E-state index in [2.05, 4.69) is 48.2 Å². The van der Waals surface area contributed by atoms with E-state index in [0.717, 1.165) is 25.6 Å². The van der Waals surface area contributed by atoms with Crippen molar-refractivity contribution < 1.29 is 9.53 Å². The minimum Gasteiger partial charge on any atom is -0.466 e. The number of guanidine groups is 1. The molecule has 1 rings (SSSR count). The summed E-state index contributed by atoms with van der Waals surface area (Å²) in [7, 11) is 0. The average molecular weight is 326 g/mol. The van der Waals surface area contributed by atoms with Gasteiger partial charge in [0.15, 0.2) is 5.96 Å². The number of hydrogen-bond acceptors (Lipinski definition) is 4. The van der Waals surface area contributed by atoms with Crippen molar-refractivity contribution in [2.45, 2.75) is 59.5 Å². The number of esters is 1. The Bertz CT molecular complexity index is 385. The van der Waals surface area contributed by atoms with Crippen LogP contribution in [0.5, 0.6) is 0 Å². The van der Waals surface area contributed by atoms with E-state index >= 15 is 0 Å². The quantitative estimate of drug-likeness (QED) is 0.307. The standard InChI is InChI=1S/C17H34N4O2/c1-6-18-17(19-10-8-9-16(22)23-7-2)20-15-12-21(13(3)4)11-14(15)5/h13-15H,6-12H2,1-5H3,(H2,18,19,20). The molecule has 2 atom stereocenters. The highest BCUT2D eigenvalue weighted by atomic mass is 16.5. The second-order valence-corrected chi connectivity index (χ2v) is 6.44. The van der Waals surface area contributed by atoms with Crippen LogP contribution in [0.3, 0.4) is 0 Å². The van der Waals surface area contributed by atoms with Crippen LogP contribution in [-0.4, -0.2) is 61.7 Å². The molecular weight excluding hydrogens is 292 g/mol. The molecule has 0 aromatic rings. The van der Waals surface area contributed by atoms with Gasteiger partial charge in [0, 0.05) is 44.7 Å². The van der Waals surface area contributed by atoms with Gasteiger partial charge in [0.1, 0.15) is 0 Å². The Morgan fingerprint density at radius 3 is 2.65 bits per heavy atom. The van der Waals surface area contributed by atoms with Crippen LogP contribution in [0.15, 0.2) is 4.99 Å². The highest BCUT2D eigenvalue weighted by Gasteiger charge is 2.31. The van der Waals surface area contributed by atoms with E-state index < -0.39 is 0 Å². The van der Waals surface area contributed by atoms with Crippen LogP contribution in [0.2, 0.25) is 0 Å². The molecule has 6 nitrogen and oxygen atoms in total. The molecule has 1 heterocycles. The van der Waals surface area contributed by atoms with Gasteiger partial charge >= 0.3 is 5.97 Å². The van der Waals surface area contributed by atoms with E-state index in [0.29, 0.717) is 44.0 Å². The van der Waals surface area contributed by atoms with Crippen molar-refractivity contribution in [3.63, 3.8) is 0 Å². The van der Waals surface area contributed by atoms with E-state index in [1.807, 2.05) is 6.92 Å². The third-order valence-corrected chi connectivity index (χ3v) is 4.15. The molecule has 1 fully saturated rings. The van der Waals surface area contributed by atoms with Crippen LogP contribution < -0.4 is 10.6 Å². The molecule has 0 aromatic carbocycles. The molecule has 2 N–H and O–H groups in total. The molecule has 1 aliphatic heterocycles. The molecule has 0 aromatic heterocycles. The Kier molecular flexibility index (Phi) is 8.99. The molecule has 0 aliphatic carbocycles. The number of rotatable bonds is 8. The summed E-state index contributed by atoms with van der Waals surface area (Å²) in [5.41, 5.74) is 0. The number of hydrogen-bond donors (Lipinski definition) is 2. The van der Waals surface area contributed by atoms with E-state index in [4.69, 9.17) is 4.74 Å². The molecule has 0 bridgehead atoms. The maximum atomic E-state index is 11.3. The fraction of sp³-hybridized carbons (Fsp3) is 0.882. The molecule has 0 spiro atoms. The number of carbonyl (C=O) groups excluding carboxylic acids is 1. The largest absolute Gasteiger partial charge is 0.466 e. The minimum atomic E-state index is -0.141. The molecule has 1 aliphatic rings. The molecule has 0 radical (unpaired) electrons. The summed E-state index contributed by atoms with van der Waals surface area (Å²) in [6.45, 7) is 14.7. The molecule has 2 unspecified atom stereocenters. The summed E-state index contributed by atoms with van der Waals surface area (Å²) in [6.07, 6.45) is 1.14. The fourth-order valence-electron chi connectivity index (χ4n) is 2.76. The van der Waals surface area contributed by atoms with Crippen molar-refractivity contribution in [1.29, 1.82) is 0 Å². The Labute approximate surface area is 141 Å². The second kappa shape index (κ2) is 10.5. The fourth-order valence-corrected chi connectivity index (χ4v) is 2.76. The first-order valence-electron chi connectivity index (χ1n) is 8.92. The van der Waals surface area contributed by atoms with Gasteiger partial charge in [0.2, 0.25) is 0 Å². The van der Waals surface area contributed by atoms with Gasteiger partial charge in [-0.2, -0.15) is 0 Å². The summed E-state index contributed by atoms with van der Waals surface area (Å²) in [6, 6.07) is 0.994. The SMILES string of the molecule is CCNC(=NCCCC(=O)OCC)NC1CN(C(C)C)CC1C. The Hall–Kier alpha value is -1.30. The van der Waals surface area contributed by atoms with E-state index in [1.165, 1.54) is 0 Å². The Morgan fingerprint density at radius 2 is 2.09 bits per heavy atom. The van der Waals surface area contributed by atoms with Crippen LogP contribution in [0.1, 0.15) is 47.5 Å². The van der Waals surface area contributed by atoms with Gasteiger partial charge in [0.05, 0.1) is 6.61 Å². The maximum Gasteiger partial charge on any atom is 0.305 e. The van der Waals surface area contributed by atoms with Crippen molar-refractivity contribution in [2.75, 3.05) is 32.8 Å². The first-order chi connectivity index (χ1) is 11.0. The first-order valence-corrected chi connectivity index (χ1v) is 8.92. The summed E-state index contributed by atoms with van der Waals surface area (Å²) in [5.74, 6) is 1.30. The molecule has 1 saturated heterocycles. The highest BCUT2D eigenvalue weighted by Crippen LogP contribution is 2.18. The number of nitrogens with one attached hydrogen (secondary N) is 2. The zero-order valence-electron chi connectivity index (χ0n) is 15.4. The van der Waals surface area contributed by atoms with E-state index in [9.17, 15) is 4.79 Å². The lowest BCUT2D eigenvalue weighted by Gasteiger charge is -2.21. The van der Waals surface area contributed by atoms with Gasteiger partial charge < -0.3 is 15.4 Å². The van der Waals surface area contributed by atoms with Crippen LogP contribution >= 0.6 is 0 Å². The van der Waals surface area contributed by atoms with Gasteiger partial charge in [-0.1, -0.05) is 6.92 Å². The van der Waals surface area contributed by atoms with Crippen molar-refractivity contribution in [1.82, 2.24) is 15.5 Å². The Balaban J connectivity index is 2.44. The number of nitrogens with zero attached hydrogens (tertiary/aromatic N) is 2. The average Bonchev–Trinajstić information content (AvgIpc) is 2.85. The number of ether oxygens (including phenoxy) is 1. The van der Waals surface area contributed by atoms with Crippen LogP contribution in [-0.2, 0) is 9.53 Å². The van der Waals surface area contributed by atoms with Crippen molar-refractivity contribution in [2.24, 2.45) is 10.9 Å². The van der Waals surface area contributed by atoms with Crippen LogP contribution in [0.25, 0.3) is 0 Å². The predicted molar refractivity (Wildman–Crippen MR) is 94.6 cm³/mol. The molecule has 134 valence electrons. The molecule has 0 saturated carbocycles. The molecule has 0 amide bonds. The van der Waals surface area contributed by atoms with Gasteiger partial charge in [-0.05, 0) is 40.0 Å². The lowest BCUT2D eigenvalue weighted by atomic mass is 10.1. The zero-order valence-corrected chi connectivity index (χ0v) is 15.4. The molecule has 6 heteroatoms. The van der Waals surface area contributed by atoms with Gasteiger partial charge in [0.25, 0.3) is 0 Å². The lowest BCUT2D eigenvalue weighted by molar-refractivity contribution is -0.143. The first kappa shape index (κ1) is 19.7. The topological polar surface area (TPSA) is 66.0 Å². The normalized spacial score (nSPS) is 22.4. The van der Waals surface area contributed by atoms with Crippen molar-refractivity contribution >= 4 is 11.9 Å². The minimum absolute atomic E-state index is 0.141. The number of carbonyl (C=O) groups is 1. The third-order valence-electron chi connectivity index (χ3n) is 4.15. The van der Waals surface area contributed by atoms with Crippen LogP contribution in [0, 0.1) is 5.92 Å². The predicted octanol–water partition coefficient (Wildman–Crippen LogP) is 1.61. The monoisotopic (exact) mass is 326 g/mol. The summed E-state index contributed by atoms with van der Waals surface area (Å²) in [4.78, 5) is 18.4. The van der Waals surface area contributed by atoms with Crippen molar-refractivity contribution in [3.8, 4) is 0 Å². The summed E-state index contributed by atoms with van der Waals surface area (Å²) >= 11 is 0. The smallest absolute Gasteiger partial charge is 0.305 e. The lowest BCUT2D eigenvalue weighted by Crippen LogP contribution is -2.46. The third kappa shape index (κ3) is 7.20.